The Morgan fingerprint density at radius 1 is 0.885 bits per heavy atom. The molecule has 0 spiro atoms. The Morgan fingerprint density at radius 2 is 1.54 bits per heavy atom. The third kappa shape index (κ3) is 9.00. The van der Waals surface area contributed by atoms with Crippen molar-refractivity contribution in [3.63, 3.8) is 0 Å². The van der Waals surface area contributed by atoms with Gasteiger partial charge in [-0.3, -0.25) is 0 Å². The van der Waals surface area contributed by atoms with Gasteiger partial charge in [0.15, 0.2) is 5.79 Å². The molecule has 0 aromatic rings. The first kappa shape index (κ1) is 21.2. The maximum absolute atomic E-state index is 11.6. The third-order valence-electron chi connectivity index (χ3n) is 4.97. The molecule has 4 heteroatoms. The zero-order valence-electron chi connectivity index (χ0n) is 16.6. The van der Waals surface area contributed by atoms with Crippen LogP contribution in [0.2, 0.25) is 0 Å². The van der Waals surface area contributed by atoms with Crippen LogP contribution in [-0.4, -0.2) is 30.6 Å². The van der Waals surface area contributed by atoms with Crippen LogP contribution in [0.4, 0.5) is 0 Å². The van der Waals surface area contributed by atoms with Crippen molar-refractivity contribution in [2.24, 2.45) is 0 Å². The number of hydrogen-bond donors (Lipinski definition) is 0. The fourth-order valence-corrected chi connectivity index (χ4v) is 3.74. The molecule has 0 N–H and O–H groups in total. The van der Waals surface area contributed by atoms with Crippen LogP contribution in [0.3, 0.4) is 0 Å². The maximum atomic E-state index is 11.6. The van der Waals surface area contributed by atoms with Crippen molar-refractivity contribution in [2.75, 3.05) is 6.61 Å². The molecular formula is C22H36O4. The summed E-state index contributed by atoms with van der Waals surface area (Å²) in [5, 5.41) is 0. The first-order chi connectivity index (χ1) is 12.6. The molecule has 1 saturated heterocycles. The van der Waals surface area contributed by atoms with E-state index in [0.717, 1.165) is 32.1 Å². The van der Waals surface area contributed by atoms with Gasteiger partial charge in [-0.05, 0) is 33.1 Å². The lowest BCUT2D eigenvalue weighted by atomic mass is 9.99. The Kier molecular flexibility index (Phi) is 9.41. The summed E-state index contributed by atoms with van der Waals surface area (Å²) in [6.45, 7) is 4.54. The standard InChI is InChI=1S/C22H36O4/c1-22(2)25-19-14-10-7-5-3-4-6-8-13-17-24-21(23)16-12-9-11-15-20(18-19)26-22/h9,11-12,16,19-20H,3-8,10,13-15,17-18H2,1-2H3/b11-9+,16-12+/t19-,20+/m1/s1. The van der Waals surface area contributed by atoms with Crippen LogP contribution in [0.1, 0.15) is 84.5 Å². The topological polar surface area (TPSA) is 44.8 Å². The minimum atomic E-state index is -0.516. The molecule has 26 heavy (non-hydrogen) atoms. The number of hydrogen-bond acceptors (Lipinski definition) is 4. The van der Waals surface area contributed by atoms with Gasteiger partial charge in [-0.1, -0.05) is 63.2 Å². The average Bonchev–Trinajstić information content (AvgIpc) is 2.57. The van der Waals surface area contributed by atoms with Gasteiger partial charge in [-0.15, -0.1) is 0 Å². The SMILES string of the molecule is CC1(C)O[C@@H]2CCCCCCCCCCOC(=O)/C=C/C=C/C[C@@H](C2)O1. The van der Waals surface area contributed by atoms with E-state index in [9.17, 15) is 4.79 Å². The quantitative estimate of drug-likeness (QED) is 0.535. The highest BCUT2D eigenvalue weighted by Crippen LogP contribution is 2.31. The van der Waals surface area contributed by atoms with E-state index in [4.69, 9.17) is 14.2 Å². The molecular weight excluding hydrogens is 328 g/mol. The van der Waals surface area contributed by atoms with Crippen LogP contribution in [0.5, 0.6) is 0 Å². The van der Waals surface area contributed by atoms with Gasteiger partial charge < -0.3 is 14.2 Å². The maximum Gasteiger partial charge on any atom is 0.330 e. The minimum absolute atomic E-state index is 0.172. The fourth-order valence-electron chi connectivity index (χ4n) is 3.74. The van der Waals surface area contributed by atoms with E-state index < -0.39 is 5.79 Å². The molecule has 2 heterocycles. The number of allylic oxidation sites excluding steroid dienone is 2. The van der Waals surface area contributed by atoms with Gasteiger partial charge in [0.05, 0.1) is 18.8 Å². The summed E-state index contributed by atoms with van der Waals surface area (Å²) < 4.78 is 17.4. The lowest BCUT2D eigenvalue weighted by Gasteiger charge is -2.40. The number of cyclic esters (lactones) is 1. The van der Waals surface area contributed by atoms with E-state index in [1.165, 1.54) is 44.6 Å². The summed E-state index contributed by atoms with van der Waals surface area (Å²) in [4.78, 5) is 11.6. The summed E-state index contributed by atoms with van der Waals surface area (Å²) in [7, 11) is 0. The highest BCUT2D eigenvalue weighted by Gasteiger charge is 2.34. The number of ether oxygens (including phenoxy) is 3. The van der Waals surface area contributed by atoms with Crippen LogP contribution in [0, 0.1) is 0 Å². The molecule has 0 radical (unpaired) electrons. The molecule has 2 aliphatic heterocycles. The molecule has 148 valence electrons. The average molecular weight is 365 g/mol. The van der Waals surface area contributed by atoms with Crippen molar-refractivity contribution in [3.05, 3.63) is 24.3 Å². The number of rotatable bonds is 0. The second-order valence-corrected chi connectivity index (χ2v) is 7.92. The van der Waals surface area contributed by atoms with Gasteiger partial charge in [-0.25, -0.2) is 4.79 Å². The lowest BCUT2D eigenvalue weighted by molar-refractivity contribution is -0.299. The molecule has 4 nitrogen and oxygen atoms in total. The van der Waals surface area contributed by atoms with Gasteiger partial charge >= 0.3 is 5.97 Å². The summed E-state index contributed by atoms with van der Waals surface area (Å²) in [5.41, 5.74) is 0. The van der Waals surface area contributed by atoms with Crippen molar-refractivity contribution in [2.45, 2.75) is 102 Å². The molecule has 2 aliphatic rings. The zero-order chi connectivity index (χ0) is 18.7. The molecule has 2 bridgehead atoms. The summed E-state index contributed by atoms with van der Waals surface area (Å²) >= 11 is 0. The van der Waals surface area contributed by atoms with Crippen LogP contribution in [0.25, 0.3) is 0 Å². The molecule has 0 aromatic carbocycles. The first-order valence-electron chi connectivity index (χ1n) is 10.4. The van der Waals surface area contributed by atoms with Crippen LogP contribution in [-0.2, 0) is 19.0 Å². The molecule has 2 atom stereocenters. The molecule has 0 aromatic heterocycles. The number of carbonyl (C=O) groups excluding carboxylic acids is 1. The van der Waals surface area contributed by atoms with E-state index in [1.807, 2.05) is 19.9 Å². The molecule has 0 aliphatic carbocycles. The number of carbonyl (C=O) groups is 1. The van der Waals surface area contributed by atoms with Crippen molar-refractivity contribution >= 4 is 5.97 Å². The van der Waals surface area contributed by atoms with Gasteiger partial charge in [0, 0.05) is 12.5 Å². The number of fused-ring (bicyclic) bond motifs is 2. The zero-order valence-corrected chi connectivity index (χ0v) is 16.6. The van der Waals surface area contributed by atoms with Crippen molar-refractivity contribution < 1.29 is 19.0 Å². The summed E-state index contributed by atoms with van der Waals surface area (Å²) in [6.07, 6.45) is 20.3. The van der Waals surface area contributed by atoms with Crippen LogP contribution < -0.4 is 0 Å². The predicted octanol–water partition coefficient (Wildman–Crippen LogP) is 5.47. The summed E-state index contributed by atoms with van der Waals surface area (Å²) in [6, 6.07) is 0. The Balaban J connectivity index is 1.88. The lowest BCUT2D eigenvalue weighted by Crippen LogP contribution is -2.44. The molecule has 0 amide bonds. The van der Waals surface area contributed by atoms with E-state index in [1.54, 1.807) is 6.08 Å². The minimum Gasteiger partial charge on any atom is -0.463 e. The largest absolute Gasteiger partial charge is 0.463 e. The third-order valence-corrected chi connectivity index (χ3v) is 4.97. The van der Waals surface area contributed by atoms with E-state index in [0.29, 0.717) is 6.61 Å². The van der Waals surface area contributed by atoms with Crippen molar-refractivity contribution in [1.82, 2.24) is 0 Å². The van der Waals surface area contributed by atoms with Gasteiger partial charge in [-0.2, -0.15) is 0 Å². The van der Waals surface area contributed by atoms with E-state index in [-0.39, 0.29) is 18.2 Å². The summed E-state index contributed by atoms with van der Waals surface area (Å²) in [5.74, 6) is -0.773. The Hall–Kier alpha value is -1.13. The second kappa shape index (κ2) is 11.6. The Labute approximate surface area is 159 Å². The van der Waals surface area contributed by atoms with Crippen LogP contribution in [0.15, 0.2) is 24.3 Å². The Bertz CT molecular complexity index is 467. The van der Waals surface area contributed by atoms with E-state index >= 15 is 0 Å². The van der Waals surface area contributed by atoms with Gasteiger partial charge in [0.25, 0.3) is 0 Å². The monoisotopic (exact) mass is 364 g/mol. The van der Waals surface area contributed by atoms with E-state index in [2.05, 4.69) is 6.08 Å². The highest BCUT2D eigenvalue weighted by molar-refractivity contribution is 5.82. The molecule has 1 fully saturated rings. The molecule has 0 saturated carbocycles. The smallest absolute Gasteiger partial charge is 0.330 e. The Morgan fingerprint density at radius 3 is 2.31 bits per heavy atom. The van der Waals surface area contributed by atoms with Gasteiger partial charge in [0.2, 0.25) is 0 Å². The number of esters is 1. The van der Waals surface area contributed by atoms with Crippen molar-refractivity contribution in [3.8, 4) is 0 Å². The van der Waals surface area contributed by atoms with Crippen LogP contribution >= 0.6 is 0 Å². The predicted molar refractivity (Wildman–Crippen MR) is 104 cm³/mol. The van der Waals surface area contributed by atoms with Crippen molar-refractivity contribution in [1.29, 1.82) is 0 Å². The second-order valence-electron chi connectivity index (χ2n) is 7.92. The molecule has 0 unspecified atom stereocenters. The molecule has 2 rings (SSSR count). The first-order valence-corrected chi connectivity index (χ1v) is 10.4. The normalized spacial score (nSPS) is 32.2. The van der Waals surface area contributed by atoms with Gasteiger partial charge in [0.1, 0.15) is 0 Å². The fraction of sp³-hybridized carbons (Fsp3) is 0.773. The highest BCUT2D eigenvalue weighted by atomic mass is 16.7.